The first-order valence-corrected chi connectivity index (χ1v) is 3.65. The summed E-state index contributed by atoms with van der Waals surface area (Å²) in [4.78, 5) is 0. The minimum absolute atomic E-state index is 0.171. The lowest BCUT2D eigenvalue weighted by Gasteiger charge is -2.07. The molecule has 0 saturated heterocycles. The molecule has 1 rings (SSSR count). The number of phenols is 2. The third-order valence-electron chi connectivity index (χ3n) is 1.62. The first-order valence-electron chi connectivity index (χ1n) is 3.65. The summed E-state index contributed by atoms with van der Waals surface area (Å²) in [5.74, 6) is -0.404. The monoisotopic (exact) mass is 185 g/mol. The Bertz CT molecular complexity index is 300. The van der Waals surface area contributed by atoms with Crippen molar-refractivity contribution in [2.45, 2.75) is 6.54 Å². The molecule has 0 bridgehead atoms. The number of phenolic OH excluding ortho intramolecular Hbond substituents is 2. The number of rotatable bonds is 3. The van der Waals surface area contributed by atoms with Gasteiger partial charge in [-0.25, -0.2) is 5.48 Å². The summed E-state index contributed by atoms with van der Waals surface area (Å²) < 4.78 is 4.79. The largest absolute Gasteiger partial charge is 0.504 e. The van der Waals surface area contributed by atoms with Gasteiger partial charge in [-0.05, 0) is 17.7 Å². The molecule has 0 saturated carbocycles. The fraction of sp³-hybridized carbons (Fsp3) is 0.250. The van der Waals surface area contributed by atoms with Crippen LogP contribution in [0.2, 0.25) is 0 Å². The van der Waals surface area contributed by atoms with E-state index in [4.69, 9.17) is 9.94 Å². The standard InChI is InChI=1S/C8H11NO4/c1-13-7-3-5(4-9-12)2-6(10)8(7)11/h2-3,9-12H,4H2,1H3. The number of nitrogens with one attached hydrogen (secondary N) is 1. The molecule has 0 aliphatic heterocycles. The third-order valence-corrected chi connectivity index (χ3v) is 1.62. The molecule has 1 aromatic carbocycles. The second-order valence-electron chi connectivity index (χ2n) is 2.50. The Hall–Kier alpha value is -1.46. The summed E-state index contributed by atoms with van der Waals surface area (Å²) in [5, 5.41) is 26.8. The predicted molar refractivity (Wildman–Crippen MR) is 44.9 cm³/mol. The van der Waals surface area contributed by atoms with Crippen molar-refractivity contribution in [1.82, 2.24) is 5.48 Å². The Morgan fingerprint density at radius 1 is 1.38 bits per heavy atom. The summed E-state index contributed by atoms with van der Waals surface area (Å²) in [7, 11) is 1.38. The van der Waals surface area contributed by atoms with Gasteiger partial charge >= 0.3 is 0 Å². The summed E-state index contributed by atoms with van der Waals surface area (Å²) in [6, 6.07) is 2.85. The minimum atomic E-state index is -0.302. The average molecular weight is 185 g/mol. The van der Waals surface area contributed by atoms with E-state index in [0.29, 0.717) is 5.56 Å². The molecule has 0 spiro atoms. The van der Waals surface area contributed by atoms with Crippen molar-refractivity contribution in [1.29, 1.82) is 0 Å². The number of hydrogen-bond donors (Lipinski definition) is 4. The second-order valence-corrected chi connectivity index (χ2v) is 2.50. The normalized spacial score (nSPS) is 10.0. The number of aromatic hydroxyl groups is 2. The Balaban J connectivity index is 3.06. The van der Waals surface area contributed by atoms with Crippen molar-refractivity contribution in [3.63, 3.8) is 0 Å². The Labute approximate surface area is 75.2 Å². The molecule has 0 radical (unpaired) electrons. The molecule has 72 valence electrons. The molecular formula is C8H11NO4. The summed E-state index contributed by atoms with van der Waals surface area (Å²) in [5.41, 5.74) is 2.54. The highest BCUT2D eigenvalue weighted by Gasteiger charge is 2.08. The molecule has 1 aromatic rings. The molecule has 0 atom stereocenters. The van der Waals surface area contributed by atoms with Crippen LogP contribution < -0.4 is 10.2 Å². The van der Waals surface area contributed by atoms with Crippen LogP contribution in [0.5, 0.6) is 17.2 Å². The number of methoxy groups -OCH3 is 1. The highest BCUT2D eigenvalue weighted by molar-refractivity contribution is 5.51. The Morgan fingerprint density at radius 3 is 2.62 bits per heavy atom. The summed E-state index contributed by atoms with van der Waals surface area (Å²) in [6.07, 6.45) is 0. The third kappa shape index (κ3) is 2.01. The van der Waals surface area contributed by atoms with Crippen molar-refractivity contribution in [3.05, 3.63) is 17.7 Å². The SMILES string of the molecule is COc1cc(CNO)cc(O)c1O. The van der Waals surface area contributed by atoms with E-state index in [1.54, 1.807) is 0 Å². The molecule has 4 N–H and O–H groups in total. The highest BCUT2D eigenvalue weighted by Crippen LogP contribution is 2.36. The summed E-state index contributed by atoms with van der Waals surface area (Å²) >= 11 is 0. The quantitative estimate of drug-likeness (QED) is 0.409. The number of benzene rings is 1. The fourth-order valence-electron chi connectivity index (χ4n) is 0.998. The van der Waals surface area contributed by atoms with Crippen LogP contribution in [0.15, 0.2) is 12.1 Å². The minimum Gasteiger partial charge on any atom is -0.504 e. The van der Waals surface area contributed by atoms with Crippen molar-refractivity contribution in [3.8, 4) is 17.2 Å². The van der Waals surface area contributed by atoms with E-state index in [9.17, 15) is 10.2 Å². The van der Waals surface area contributed by atoms with E-state index >= 15 is 0 Å². The van der Waals surface area contributed by atoms with Crippen molar-refractivity contribution in [2.75, 3.05) is 7.11 Å². The van der Waals surface area contributed by atoms with Crippen LogP contribution in [0.25, 0.3) is 0 Å². The van der Waals surface area contributed by atoms with Crippen LogP contribution in [0.1, 0.15) is 5.56 Å². The molecular weight excluding hydrogens is 174 g/mol. The van der Waals surface area contributed by atoms with E-state index in [2.05, 4.69) is 0 Å². The molecule has 0 aromatic heterocycles. The first kappa shape index (κ1) is 9.63. The van der Waals surface area contributed by atoms with Crippen LogP contribution in [0.3, 0.4) is 0 Å². The van der Waals surface area contributed by atoms with Crippen molar-refractivity contribution >= 4 is 0 Å². The molecule has 0 heterocycles. The summed E-state index contributed by atoms with van der Waals surface area (Å²) in [6.45, 7) is 0.171. The van der Waals surface area contributed by atoms with Crippen molar-refractivity contribution in [2.24, 2.45) is 0 Å². The lowest BCUT2D eigenvalue weighted by Crippen LogP contribution is -2.05. The molecule has 0 fully saturated rings. The van der Waals surface area contributed by atoms with Gasteiger partial charge in [-0.2, -0.15) is 0 Å². The highest BCUT2D eigenvalue weighted by atomic mass is 16.5. The van der Waals surface area contributed by atoms with Gasteiger partial charge in [-0.3, -0.25) is 0 Å². The van der Waals surface area contributed by atoms with Gasteiger partial charge in [0.25, 0.3) is 0 Å². The van der Waals surface area contributed by atoms with E-state index < -0.39 is 0 Å². The second kappa shape index (κ2) is 3.97. The molecule has 0 aliphatic rings. The van der Waals surface area contributed by atoms with Gasteiger partial charge in [0.1, 0.15) is 0 Å². The first-order chi connectivity index (χ1) is 6.19. The maximum absolute atomic E-state index is 9.23. The smallest absolute Gasteiger partial charge is 0.200 e. The van der Waals surface area contributed by atoms with Crippen LogP contribution in [-0.4, -0.2) is 22.5 Å². The van der Waals surface area contributed by atoms with Crippen LogP contribution in [0, 0.1) is 0 Å². The van der Waals surface area contributed by atoms with E-state index in [1.165, 1.54) is 19.2 Å². The predicted octanol–water partition coefficient (Wildman–Crippen LogP) is 0.585. The van der Waals surface area contributed by atoms with Crippen LogP contribution in [0.4, 0.5) is 0 Å². The van der Waals surface area contributed by atoms with E-state index in [1.807, 2.05) is 5.48 Å². The van der Waals surface area contributed by atoms with E-state index in [-0.39, 0.29) is 23.8 Å². The average Bonchev–Trinajstić information content (AvgIpc) is 2.11. The van der Waals surface area contributed by atoms with Crippen LogP contribution >= 0.6 is 0 Å². The van der Waals surface area contributed by atoms with Gasteiger partial charge in [0, 0.05) is 6.54 Å². The Kier molecular flexibility index (Phi) is 2.94. The van der Waals surface area contributed by atoms with Gasteiger partial charge in [0.15, 0.2) is 11.5 Å². The van der Waals surface area contributed by atoms with Gasteiger partial charge < -0.3 is 20.2 Å². The van der Waals surface area contributed by atoms with Gasteiger partial charge in [0.05, 0.1) is 7.11 Å². The maximum Gasteiger partial charge on any atom is 0.200 e. The zero-order valence-corrected chi connectivity index (χ0v) is 7.11. The van der Waals surface area contributed by atoms with Gasteiger partial charge in [-0.1, -0.05) is 0 Å². The molecule has 5 heteroatoms. The van der Waals surface area contributed by atoms with Gasteiger partial charge in [-0.15, -0.1) is 0 Å². The zero-order valence-electron chi connectivity index (χ0n) is 7.11. The lowest BCUT2D eigenvalue weighted by molar-refractivity contribution is 0.161. The number of ether oxygens (including phenoxy) is 1. The zero-order chi connectivity index (χ0) is 9.84. The maximum atomic E-state index is 9.23. The lowest BCUT2D eigenvalue weighted by atomic mass is 10.2. The molecule has 0 amide bonds. The topological polar surface area (TPSA) is 82.0 Å². The molecule has 0 unspecified atom stereocenters. The number of hydrogen-bond acceptors (Lipinski definition) is 5. The van der Waals surface area contributed by atoms with Crippen LogP contribution in [-0.2, 0) is 6.54 Å². The molecule has 5 nitrogen and oxygen atoms in total. The Morgan fingerprint density at radius 2 is 2.08 bits per heavy atom. The van der Waals surface area contributed by atoms with E-state index in [0.717, 1.165) is 0 Å². The van der Waals surface area contributed by atoms with Crippen molar-refractivity contribution < 1.29 is 20.2 Å². The molecule has 13 heavy (non-hydrogen) atoms. The van der Waals surface area contributed by atoms with Gasteiger partial charge in [0.2, 0.25) is 5.75 Å². The number of hydroxylamine groups is 1. The fourth-order valence-corrected chi connectivity index (χ4v) is 0.998. The molecule has 0 aliphatic carbocycles.